The number of aliphatic hydroxyl groups is 2. The van der Waals surface area contributed by atoms with Gasteiger partial charge < -0.3 is 14.9 Å². The second kappa shape index (κ2) is 7.22. The Bertz CT molecular complexity index is 181. The Balaban J connectivity index is 2.44. The van der Waals surface area contributed by atoms with E-state index in [0.29, 0.717) is 13.2 Å². The van der Waals surface area contributed by atoms with Gasteiger partial charge in [0, 0.05) is 38.8 Å². The number of rotatable bonds is 8. The molecule has 0 unspecified atom stereocenters. The van der Waals surface area contributed by atoms with Gasteiger partial charge in [-0.3, -0.25) is 4.90 Å². The Hall–Kier alpha value is -0.160. The summed E-state index contributed by atoms with van der Waals surface area (Å²) in [6.07, 6.45) is 4.66. The van der Waals surface area contributed by atoms with Crippen LogP contribution in [0.15, 0.2) is 0 Å². The average Bonchev–Trinajstić information content (AvgIpc) is 2.75. The molecule has 0 aromatic rings. The second-order valence-corrected chi connectivity index (χ2v) is 4.86. The summed E-state index contributed by atoms with van der Waals surface area (Å²) >= 11 is 0. The monoisotopic (exact) mass is 231 g/mol. The molecule has 0 heterocycles. The van der Waals surface area contributed by atoms with Crippen LogP contribution in [-0.4, -0.2) is 61.7 Å². The highest BCUT2D eigenvalue weighted by atomic mass is 16.5. The van der Waals surface area contributed by atoms with Crippen LogP contribution in [0.5, 0.6) is 0 Å². The molecule has 0 radical (unpaired) electrons. The summed E-state index contributed by atoms with van der Waals surface area (Å²) in [5, 5.41) is 18.6. The Morgan fingerprint density at radius 3 is 2.38 bits per heavy atom. The lowest BCUT2D eigenvalue weighted by Gasteiger charge is -2.33. The Labute approximate surface area is 98.2 Å². The van der Waals surface area contributed by atoms with Crippen LogP contribution >= 0.6 is 0 Å². The molecule has 4 heteroatoms. The molecule has 0 aromatic carbocycles. The van der Waals surface area contributed by atoms with Crippen LogP contribution in [0.2, 0.25) is 0 Å². The molecule has 0 bridgehead atoms. The van der Waals surface area contributed by atoms with Crippen LogP contribution in [0, 0.1) is 5.41 Å². The maximum atomic E-state index is 9.54. The molecule has 1 aliphatic rings. The molecule has 0 atom stereocenters. The first kappa shape index (κ1) is 13.9. The maximum Gasteiger partial charge on any atom is 0.0589 e. The molecule has 0 aliphatic heterocycles. The predicted molar refractivity (Wildman–Crippen MR) is 63.4 cm³/mol. The Kier molecular flexibility index (Phi) is 6.28. The van der Waals surface area contributed by atoms with E-state index in [1.807, 2.05) is 0 Å². The van der Waals surface area contributed by atoms with Crippen LogP contribution in [0.25, 0.3) is 0 Å². The minimum absolute atomic E-state index is 0.0723. The van der Waals surface area contributed by atoms with Crippen LogP contribution in [-0.2, 0) is 4.74 Å². The van der Waals surface area contributed by atoms with Crippen molar-refractivity contribution in [3.8, 4) is 0 Å². The highest BCUT2D eigenvalue weighted by molar-refractivity contribution is 4.87. The number of hydrogen-bond acceptors (Lipinski definition) is 4. The molecule has 0 amide bonds. The summed E-state index contributed by atoms with van der Waals surface area (Å²) in [4.78, 5) is 2.20. The highest BCUT2D eigenvalue weighted by Gasteiger charge is 2.34. The van der Waals surface area contributed by atoms with Gasteiger partial charge in [-0.2, -0.15) is 0 Å². The lowest BCUT2D eigenvalue weighted by molar-refractivity contribution is 0.0548. The van der Waals surface area contributed by atoms with Crippen molar-refractivity contribution in [3.05, 3.63) is 0 Å². The van der Waals surface area contributed by atoms with Gasteiger partial charge in [0.25, 0.3) is 0 Å². The van der Waals surface area contributed by atoms with Crippen molar-refractivity contribution < 1.29 is 14.9 Å². The molecule has 0 spiro atoms. The summed E-state index contributed by atoms with van der Waals surface area (Å²) in [7, 11) is 1.69. The van der Waals surface area contributed by atoms with Crippen molar-refractivity contribution in [2.45, 2.75) is 25.7 Å². The molecule has 96 valence electrons. The van der Waals surface area contributed by atoms with Crippen LogP contribution < -0.4 is 0 Å². The second-order valence-electron chi connectivity index (χ2n) is 4.86. The van der Waals surface area contributed by atoms with E-state index in [4.69, 9.17) is 9.84 Å². The quantitative estimate of drug-likeness (QED) is 0.638. The summed E-state index contributed by atoms with van der Waals surface area (Å²) in [6.45, 7) is 3.51. The van der Waals surface area contributed by atoms with Crippen molar-refractivity contribution in [1.29, 1.82) is 0 Å². The van der Waals surface area contributed by atoms with Crippen LogP contribution in [0.1, 0.15) is 25.7 Å². The zero-order valence-electron chi connectivity index (χ0n) is 10.3. The van der Waals surface area contributed by atoms with Gasteiger partial charge in [0.1, 0.15) is 0 Å². The fourth-order valence-electron chi connectivity index (χ4n) is 2.60. The number of hydrogen-bond donors (Lipinski definition) is 2. The SMILES string of the molecule is COCCN(CCO)CC1(CO)CCCC1. The Morgan fingerprint density at radius 2 is 1.88 bits per heavy atom. The number of nitrogens with zero attached hydrogens (tertiary/aromatic N) is 1. The van der Waals surface area contributed by atoms with Gasteiger partial charge in [-0.1, -0.05) is 12.8 Å². The van der Waals surface area contributed by atoms with E-state index in [2.05, 4.69) is 4.90 Å². The van der Waals surface area contributed by atoms with Gasteiger partial charge in [0.15, 0.2) is 0 Å². The molecule has 4 nitrogen and oxygen atoms in total. The van der Waals surface area contributed by atoms with Gasteiger partial charge in [-0.25, -0.2) is 0 Å². The third-order valence-corrected chi connectivity index (χ3v) is 3.59. The van der Waals surface area contributed by atoms with Gasteiger partial charge in [0.05, 0.1) is 13.2 Å². The first-order valence-electron chi connectivity index (χ1n) is 6.19. The summed E-state index contributed by atoms with van der Waals surface area (Å²) in [6, 6.07) is 0. The van der Waals surface area contributed by atoms with Crippen molar-refractivity contribution >= 4 is 0 Å². The first-order chi connectivity index (χ1) is 7.76. The van der Waals surface area contributed by atoms with Crippen LogP contribution in [0.4, 0.5) is 0 Å². The minimum atomic E-state index is 0.0723. The van der Waals surface area contributed by atoms with E-state index in [0.717, 1.165) is 25.9 Å². The minimum Gasteiger partial charge on any atom is -0.396 e. The van der Waals surface area contributed by atoms with E-state index in [1.54, 1.807) is 7.11 Å². The molecule has 1 fully saturated rings. The molecule has 2 N–H and O–H groups in total. The number of ether oxygens (including phenoxy) is 1. The average molecular weight is 231 g/mol. The van der Waals surface area contributed by atoms with Gasteiger partial charge in [-0.05, 0) is 12.8 Å². The van der Waals surface area contributed by atoms with Crippen molar-refractivity contribution in [3.63, 3.8) is 0 Å². The standard InChI is InChI=1S/C12H25NO3/c1-16-9-7-13(6-8-14)10-12(11-15)4-2-3-5-12/h14-15H,2-11H2,1H3. The summed E-state index contributed by atoms with van der Waals surface area (Å²) in [5.74, 6) is 0. The van der Waals surface area contributed by atoms with Gasteiger partial charge in [-0.15, -0.1) is 0 Å². The van der Waals surface area contributed by atoms with Gasteiger partial charge in [0.2, 0.25) is 0 Å². The Morgan fingerprint density at radius 1 is 1.19 bits per heavy atom. The lowest BCUT2D eigenvalue weighted by Crippen LogP contribution is -2.41. The molecule has 0 saturated heterocycles. The largest absolute Gasteiger partial charge is 0.396 e. The normalized spacial score (nSPS) is 19.5. The number of aliphatic hydroxyl groups excluding tert-OH is 2. The lowest BCUT2D eigenvalue weighted by atomic mass is 9.86. The maximum absolute atomic E-state index is 9.54. The smallest absolute Gasteiger partial charge is 0.0589 e. The molecule has 0 aromatic heterocycles. The first-order valence-corrected chi connectivity index (χ1v) is 6.19. The molecule has 16 heavy (non-hydrogen) atoms. The zero-order chi connectivity index (χ0) is 11.9. The van der Waals surface area contributed by atoms with E-state index in [1.165, 1.54) is 12.8 Å². The zero-order valence-corrected chi connectivity index (χ0v) is 10.3. The summed E-state index contributed by atoms with van der Waals surface area (Å²) in [5.41, 5.74) is 0.0723. The third-order valence-electron chi connectivity index (χ3n) is 3.59. The fourth-order valence-corrected chi connectivity index (χ4v) is 2.60. The topological polar surface area (TPSA) is 52.9 Å². The highest BCUT2D eigenvalue weighted by Crippen LogP contribution is 2.38. The van der Waals surface area contributed by atoms with Gasteiger partial charge >= 0.3 is 0 Å². The van der Waals surface area contributed by atoms with Crippen molar-refractivity contribution in [1.82, 2.24) is 4.90 Å². The number of methoxy groups -OCH3 is 1. The fraction of sp³-hybridized carbons (Fsp3) is 1.00. The van der Waals surface area contributed by atoms with Crippen molar-refractivity contribution in [2.24, 2.45) is 5.41 Å². The molecule has 1 rings (SSSR count). The molecular formula is C12H25NO3. The summed E-state index contributed by atoms with van der Waals surface area (Å²) < 4.78 is 5.06. The van der Waals surface area contributed by atoms with E-state index < -0.39 is 0 Å². The van der Waals surface area contributed by atoms with E-state index in [9.17, 15) is 5.11 Å². The van der Waals surface area contributed by atoms with E-state index in [-0.39, 0.29) is 18.6 Å². The molecule has 1 saturated carbocycles. The third kappa shape index (κ3) is 4.01. The van der Waals surface area contributed by atoms with Crippen LogP contribution in [0.3, 0.4) is 0 Å². The molecule has 1 aliphatic carbocycles. The molecular weight excluding hydrogens is 206 g/mol. The predicted octanol–water partition coefficient (Wildman–Crippen LogP) is 0.480. The van der Waals surface area contributed by atoms with Crippen molar-refractivity contribution in [2.75, 3.05) is 46.6 Å². The van der Waals surface area contributed by atoms with E-state index >= 15 is 0 Å².